The van der Waals surface area contributed by atoms with Crippen LogP contribution in [0, 0.1) is 5.92 Å². The van der Waals surface area contributed by atoms with Crippen molar-refractivity contribution in [2.24, 2.45) is 5.92 Å². The Hall–Kier alpha value is -0.0151. The summed E-state index contributed by atoms with van der Waals surface area (Å²) in [7, 11) is 1.75. The van der Waals surface area contributed by atoms with Gasteiger partial charge < -0.3 is 0 Å². The van der Waals surface area contributed by atoms with E-state index in [0.717, 1.165) is 10.8 Å². The van der Waals surface area contributed by atoms with Crippen molar-refractivity contribution in [2.45, 2.75) is 20.3 Å². The van der Waals surface area contributed by atoms with Crippen LogP contribution in [0.15, 0.2) is 21.0 Å². The molecular formula is C9H10BBrClO. The van der Waals surface area contributed by atoms with Crippen molar-refractivity contribution in [1.29, 1.82) is 0 Å². The van der Waals surface area contributed by atoms with E-state index in [1.54, 1.807) is 13.4 Å². The molecule has 0 fully saturated rings. The minimum Gasteiger partial charge on any atom is -0.294 e. The van der Waals surface area contributed by atoms with Crippen LogP contribution in [-0.4, -0.2) is 13.1 Å². The maximum absolute atomic E-state index is 11.7. The molecule has 0 bridgehead atoms. The third kappa shape index (κ3) is 2.47. The highest BCUT2D eigenvalue weighted by Crippen LogP contribution is 2.27. The number of hydrogen-bond donors (Lipinski definition) is 0. The molecule has 0 amide bonds. The summed E-state index contributed by atoms with van der Waals surface area (Å²) in [5.41, 5.74) is 0.628. The SMILES string of the molecule is CCC(C)C(=O)C1=C(Cl)[B]C(Br)=C1. The molecule has 4 heteroatoms. The molecule has 1 radical (unpaired) electrons. The highest BCUT2D eigenvalue weighted by molar-refractivity contribution is 9.12. The summed E-state index contributed by atoms with van der Waals surface area (Å²) in [5, 5.41) is 0. The molecule has 1 nitrogen and oxygen atoms in total. The molecule has 1 aliphatic rings. The largest absolute Gasteiger partial charge is 0.294 e. The maximum atomic E-state index is 11.7. The molecule has 13 heavy (non-hydrogen) atoms. The Kier molecular flexibility index (Phi) is 3.80. The Balaban J connectivity index is 2.83. The van der Waals surface area contributed by atoms with E-state index in [9.17, 15) is 4.79 Å². The molecule has 1 atom stereocenters. The second kappa shape index (κ2) is 4.47. The molecule has 0 saturated carbocycles. The molecular weight excluding hydrogens is 250 g/mol. The average molecular weight is 260 g/mol. The molecule has 0 aromatic heterocycles. The van der Waals surface area contributed by atoms with Crippen molar-refractivity contribution in [3.8, 4) is 0 Å². The van der Waals surface area contributed by atoms with E-state index in [4.69, 9.17) is 11.6 Å². The van der Waals surface area contributed by atoms with Crippen LogP contribution < -0.4 is 0 Å². The predicted molar refractivity (Wildman–Crippen MR) is 60.1 cm³/mol. The first-order chi connectivity index (χ1) is 6.06. The Labute approximate surface area is 92.6 Å². The van der Waals surface area contributed by atoms with Gasteiger partial charge in [-0.2, -0.15) is 0 Å². The topological polar surface area (TPSA) is 17.1 Å². The summed E-state index contributed by atoms with van der Waals surface area (Å²) < 4.78 is 0.865. The lowest BCUT2D eigenvalue weighted by Crippen LogP contribution is -2.11. The van der Waals surface area contributed by atoms with Gasteiger partial charge in [-0.1, -0.05) is 47.5 Å². The van der Waals surface area contributed by atoms with Crippen molar-refractivity contribution in [3.05, 3.63) is 21.0 Å². The molecule has 1 unspecified atom stereocenters. The summed E-state index contributed by atoms with van der Waals surface area (Å²) in [6.07, 6.45) is 2.62. The standard InChI is InChI=1S/C9H10BBrClO/c1-3-5(2)8(13)6-4-7(11)10-9(6)12/h4-5H,3H2,1-2H3. The van der Waals surface area contributed by atoms with Gasteiger partial charge in [0.2, 0.25) is 7.28 Å². The highest BCUT2D eigenvalue weighted by Gasteiger charge is 2.22. The fraction of sp³-hybridized carbons (Fsp3) is 0.444. The van der Waals surface area contributed by atoms with Gasteiger partial charge in [0, 0.05) is 11.5 Å². The number of hydrogen-bond acceptors (Lipinski definition) is 1. The van der Waals surface area contributed by atoms with Crippen LogP contribution in [0.3, 0.4) is 0 Å². The molecule has 0 spiro atoms. The molecule has 0 N–H and O–H groups in total. The molecule has 1 heterocycles. The predicted octanol–water partition coefficient (Wildman–Crippen LogP) is 3.01. The summed E-state index contributed by atoms with van der Waals surface area (Å²) in [5.74, 6) is 0.171. The summed E-state index contributed by atoms with van der Waals surface area (Å²) in [6, 6.07) is 0. The summed E-state index contributed by atoms with van der Waals surface area (Å²) >= 11 is 9.18. The van der Waals surface area contributed by atoms with Gasteiger partial charge in [0.1, 0.15) is 0 Å². The highest BCUT2D eigenvalue weighted by atomic mass is 79.9. The van der Waals surface area contributed by atoms with Gasteiger partial charge in [0.25, 0.3) is 0 Å². The fourth-order valence-electron chi connectivity index (χ4n) is 1.09. The van der Waals surface area contributed by atoms with E-state index < -0.39 is 0 Å². The van der Waals surface area contributed by atoms with E-state index in [-0.39, 0.29) is 11.7 Å². The Morgan fingerprint density at radius 1 is 1.77 bits per heavy atom. The van der Waals surface area contributed by atoms with Crippen molar-refractivity contribution in [3.63, 3.8) is 0 Å². The van der Waals surface area contributed by atoms with Crippen LogP contribution in [0.1, 0.15) is 20.3 Å². The van der Waals surface area contributed by atoms with E-state index in [1.807, 2.05) is 13.8 Å². The van der Waals surface area contributed by atoms with E-state index >= 15 is 0 Å². The zero-order valence-corrected chi connectivity index (χ0v) is 9.95. The second-order valence-corrected chi connectivity index (χ2v) is 4.43. The van der Waals surface area contributed by atoms with Crippen LogP contribution in [0.4, 0.5) is 0 Å². The number of carbonyl (C=O) groups excluding carboxylic acids is 1. The minimum atomic E-state index is 0.0480. The Morgan fingerprint density at radius 3 is 2.77 bits per heavy atom. The molecule has 1 aliphatic heterocycles. The summed E-state index contributed by atoms with van der Waals surface area (Å²) in [4.78, 5) is 12.2. The van der Waals surface area contributed by atoms with Gasteiger partial charge in [-0.25, -0.2) is 0 Å². The second-order valence-electron chi connectivity index (χ2n) is 3.11. The lowest BCUT2D eigenvalue weighted by Gasteiger charge is -2.07. The first-order valence-corrected chi connectivity index (χ1v) is 5.39. The first-order valence-electron chi connectivity index (χ1n) is 4.22. The van der Waals surface area contributed by atoms with E-state index in [0.29, 0.717) is 10.5 Å². The fourth-order valence-corrected chi connectivity index (χ4v) is 1.94. The number of ketones is 1. The molecule has 0 aliphatic carbocycles. The lowest BCUT2D eigenvalue weighted by molar-refractivity contribution is -0.118. The summed E-state index contributed by atoms with van der Waals surface area (Å²) in [6.45, 7) is 3.91. The third-order valence-corrected chi connectivity index (χ3v) is 2.90. The zero-order valence-electron chi connectivity index (χ0n) is 7.60. The maximum Gasteiger partial charge on any atom is 0.217 e. The number of carbonyl (C=O) groups is 1. The molecule has 0 saturated heterocycles. The molecule has 0 aromatic carbocycles. The van der Waals surface area contributed by atoms with Crippen LogP contribution in [-0.2, 0) is 4.79 Å². The van der Waals surface area contributed by atoms with Crippen LogP contribution in [0.5, 0.6) is 0 Å². The third-order valence-electron chi connectivity index (χ3n) is 2.13. The number of Topliss-reactive ketones (excluding diaryl/α,β-unsaturated/α-hetero) is 1. The van der Waals surface area contributed by atoms with Crippen LogP contribution in [0.2, 0.25) is 0 Å². The first kappa shape index (κ1) is 11.1. The van der Waals surface area contributed by atoms with Gasteiger partial charge in [-0.15, -0.1) is 0 Å². The lowest BCUT2D eigenvalue weighted by atomic mass is 9.80. The molecule has 69 valence electrons. The number of halogens is 2. The van der Waals surface area contributed by atoms with Gasteiger partial charge >= 0.3 is 0 Å². The molecule has 1 rings (SSSR count). The number of rotatable bonds is 3. The zero-order chi connectivity index (χ0) is 10.0. The van der Waals surface area contributed by atoms with Gasteiger partial charge in [-0.05, 0) is 15.7 Å². The van der Waals surface area contributed by atoms with Crippen LogP contribution in [0.25, 0.3) is 0 Å². The van der Waals surface area contributed by atoms with Gasteiger partial charge in [0.15, 0.2) is 5.78 Å². The van der Waals surface area contributed by atoms with Gasteiger partial charge in [-0.3, -0.25) is 4.79 Å². The Bertz CT molecular complexity index is 296. The van der Waals surface area contributed by atoms with E-state index in [2.05, 4.69) is 15.9 Å². The minimum absolute atomic E-state index is 0.0480. The van der Waals surface area contributed by atoms with Crippen molar-refractivity contribution in [2.75, 3.05) is 0 Å². The van der Waals surface area contributed by atoms with Gasteiger partial charge in [0.05, 0.1) is 0 Å². The van der Waals surface area contributed by atoms with Crippen molar-refractivity contribution < 1.29 is 4.79 Å². The normalized spacial score (nSPS) is 18.3. The average Bonchev–Trinajstić information content (AvgIpc) is 2.42. The van der Waals surface area contributed by atoms with Crippen LogP contribution >= 0.6 is 27.5 Å². The van der Waals surface area contributed by atoms with E-state index in [1.165, 1.54) is 0 Å². The quantitative estimate of drug-likeness (QED) is 0.713. The Morgan fingerprint density at radius 2 is 2.38 bits per heavy atom. The van der Waals surface area contributed by atoms with Crippen molar-refractivity contribution >= 4 is 40.6 Å². The van der Waals surface area contributed by atoms with Crippen molar-refractivity contribution in [1.82, 2.24) is 0 Å². The monoisotopic (exact) mass is 259 g/mol. The number of allylic oxidation sites excluding steroid dienone is 2. The smallest absolute Gasteiger partial charge is 0.217 e. The molecule has 0 aromatic rings.